The predicted octanol–water partition coefficient (Wildman–Crippen LogP) is 4.13. The molecule has 2 aromatic carbocycles. The number of benzene rings is 2. The highest BCUT2D eigenvalue weighted by atomic mass is 35.5. The minimum atomic E-state index is -0.888. The van der Waals surface area contributed by atoms with Crippen molar-refractivity contribution < 1.29 is 4.79 Å². The van der Waals surface area contributed by atoms with Crippen LogP contribution >= 0.6 is 23.2 Å². The van der Waals surface area contributed by atoms with Crippen LogP contribution in [0.2, 0.25) is 0 Å². The van der Waals surface area contributed by atoms with Crippen molar-refractivity contribution >= 4 is 34.8 Å². The Morgan fingerprint density at radius 3 is 2.14 bits per heavy atom. The molecule has 0 aliphatic rings. The van der Waals surface area contributed by atoms with Crippen LogP contribution in [0.5, 0.6) is 0 Å². The molecular weight excluding hydrogens is 319 g/mol. The van der Waals surface area contributed by atoms with Crippen LogP contribution in [0.1, 0.15) is 11.6 Å². The minimum Gasteiger partial charge on any atom is -0.290 e. The molecule has 0 aliphatic carbocycles. The third-order valence-corrected chi connectivity index (χ3v) is 3.98. The third-order valence-electron chi connectivity index (χ3n) is 3.17. The number of carbonyl (C=O) groups excluding carboxylic acids is 1. The standard InChI is InChI=1S/C17H14Cl2N2O/c18-11-15(19)17(22)21(14-9-5-2-6-10-14)16(12-20)13-7-3-1-4-8-13/h1-10,15-16H,11H2. The van der Waals surface area contributed by atoms with Gasteiger partial charge in [0.2, 0.25) is 5.91 Å². The van der Waals surface area contributed by atoms with Gasteiger partial charge in [-0.25, -0.2) is 0 Å². The number of nitrogens with zero attached hydrogens (tertiary/aromatic N) is 2. The Hall–Kier alpha value is -2.02. The predicted molar refractivity (Wildman–Crippen MR) is 89.1 cm³/mol. The Balaban J connectivity index is 2.48. The van der Waals surface area contributed by atoms with E-state index in [1.165, 1.54) is 4.90 Å². The van der Waals surface area contributed by atoms with Crippen molar-refractivity contribution in [3.05, 3.63) is 66.2 Å². The number of para-hydroxylation sites is 1. The molecule has 2 aromatic rings. The molecule has 112 valence electrons. The molecule has 1 amide bonds. The van der Waals surface area contributed by atoms with E-state index in [-0.39, 0.29) is 5.88 Å². The zero-order valence-electron chi connectivity index (χ0n) is 11.7. The van der Waals surface area contributed by atoms with Gasteiger partial charge in [0, 0.05) is 11.6 Å². The molecule has 5 heteroatoms. The van der Waals surface area contributed by atoms with E-state index in [2.05, 4.69) is 6.07 Å². The van der Waals surface area contributed by atoms with Gasteiger partial charge in [0.25, 0.3) is 0 Å². The summed E-state index contributed by atoms with van der Waals surface area (Å²) < 4.78 is 0. The highest BCUT2D eigenvalue weighted by Crippen LogP contribution is 2.28. The van der Waals surface area contributed by atoms with Crippen LogP contribution in [0.25, 0.3) is 0 Å². The average molecular weight is 333 g/mol. The fraction of sp³-hybridized carbons (Fsp3) is 0.176. The van der Waals surface area contributed by atoms with E-state index >= 15 is 0 Å². The zero-order valence-corrected chi connectivity index (χ0v) is 13.2. The van der Waals surface area contributed by atoms with Gasteiger partial charge in [-0.15, -0.1) is 23.2 Å². The van der Waals surface area contributed by atoms with Gasteiger partial charge in [0.15, 0.2) is 0 Å². The number of alkyl halides is 2. The summed E-state index contributed by atoms with van der Waals surface area (Å²) in [6, 6.07) is 19.5. The van der Waals surface area contributed by atoms with Crippen LogP contribution in [0.3, 0.4) is 0 Å². The molecule has 0 spiro atoms. The van der Waals surface area contributed by atoms with Crippen LogP contribution in [0.15, 0.2) is 60.7 Å². The van der Waals surface area contributed by atoms with E-state index in [9.17, 15) is 10.1 Å². The molecular formula is C17H14Cl2N2O. The first-order valence-corrected chi connectivity index (χ1v) is 7.69. The first-order chi connectivity index (χ1) is 10.7. The summed E-state index contributed by atoms with van der Waals surface area (Å²) in [6.45, 7) is 0. The fourth-order valence-electron chi connectivity index (χ4n) is 2.13. The van der Waals surface area contributed by atoms with Crippen molar-refractivity contribution in [1.29, 1.82) is 5.26 Å². The van der Waals surface area contributed by atoms with Gasteiger partial charge in [-0.05, 0) is 17.7 Å². The van der Waals surface area contributed by atoms with E-state index in [0.29, 0.717) is 5.69 Å². The lowest BCUT2D eigenvalue weighted by molar-refractivity contribution is -0.118. The van der Waals surface area contributed by atoms with E-state index in [1.54, 1.807) is 36.4 Å². The van der Waals surface area contributed by atoms with E-state index in [0.717, 1.165) is 5.56 Å². The number of halogens is 2. The molecule has 0 fully saturated rings. The Labute approximate surface area is 139 Å². The topological polar surface area (TPSA) is 44.1 Å². The number of amides is 1. The number of hydrogen-bond acceptors (Lipinski definition) is 2. The van der Waals surface area contributed by atoms with E-state index < -0.39 is 17.3 Å². The van der Waals surface area contributed by atoms with Crippen molar-refractivity contribution in [1.82, 2.24) is 0 Å². The van der Waals surface area contributed by atoms with Gasteiger partial charge in [0.05, 0.1) is 6.07 Å². The molecule has 0 bridgehead atoms. The molecule has 0 heterocycles. The smallest absolute Gasteiger partial charge is 0.247 e. The summed E-state index contributed by atoms with van der Waals surface area (Å²) in [6.07, 6.45) is 0. The molecule has 2 atom stereocenters. The number of hydrogen-bond donors (Lipinski definition) is 0. The number of rotatable bonds is 5. The number of anilines is 1. The Bertz CT molecular complexity index is 655. The van der Waals surface area contributed by atoms with Crippen molar-refractivity contribution in [2.75, 3.05) is 10.8 Å². The maximum Gasteiger partial charge on any atom is 0.247 e. The van der Waals surface area contributed by atoms with E-state index in [4.69, 9.17) is 23.2 Å². The molecule has 0 N–H and O–H groups in total. The summed E-state index contributed by atoms with van der Waals surface area (Å²) >= 11 is 11.7. The molecule has 0 aliphatic heterocycles. The summed E-state index contributed by atoms with van der Waals surface area (Å²) in [7, 11) is 0. The molecule has 2 unspecified atom stereocenters. The summed E-state index contributed by atoms with van der Waals surface area (Å²) in [4.78, 5) is 14.0. The van der Waals surface area contributed by atoms with E-state index in [1.807, 2.05) is 24.3 Å². The zero-order chi connectivity index (χ0) is 15.9. The average Bonchev–Trinajstić information content (AvgIpc) is 2.59. The summed E-state index contributed by atoms with van der Waals surface area (Å²) in [5.74, 6) is -0.408. The van der Waals surface area contributed by atoms with Crippen molar-refractivity contribution in [2.24, 2.45) is 0 Å². The molecule has 2 rings (SSSR count). The number of nitriles is 1. The largest absolute Gasteiger partial charge is 0.290 e. The van der Waals surface area contributed by atoms with Crippen molar-refractivity contribution in [3.63, 3.8) is 0 Å². The molecule has 3 nitrogen and oxygen atoms in total. The van der Waals surface area contributed by atoms with Crippen LogP contribution in [0, 0.1) is 11.3 Å². The van der Waals surface area contributed by atoms with Crippen LogP contribution < -0.4 is 4.90 Å². The lowest BCUT2D eigenvalue weighted by atomic mass is 10.0. The maximum absolute atomic E-state index is 12.6. The first kappa shape index (κ1) is 16.4. The lowest BCUT2D eigenvalue weighted by Crippen LogP contribution is -2.40. The maximum atomic E-state index is 12.6. The molecule has 22 heavy (non-hydrogen) atoms. The Morgan fingerprint density at radius 1 is 1.09 bits per heavy atom. The Morgan fingerprint density at radius 2 is 1.64 bits per heavy atom. The molecule has 0 radical (unpaired) electrons. The van der Waals surface area contributed by atoms with Gasteiger partial charge < -0.3 is 0 Å². The Kier molecular flexibility index (Phi) is 5.83. The van der Waals surface area contributed by atoms with Gasteiger partial charge in [-0.2, -0.15) is 5.26 Å². The monoisotopic (exact) mass is 332 g/mol. The second-order valence-electron chi connectivity index (χ2n) is 4.61. The highest BCUT2D eigenvalue weighted by Gasteiger charge is 2.30. The van der Waals surface area contributed by atoms with Crippen LogP contribution in [-0.4, -0.2) is 17.2 Å². The van der Waals surface area contributed by atoms with Gasteiger partial charge in [-0.1, -0.05) is 48.5 Å². The lowest BCUT2D eigenvalue weighted by Gasteiger charge is -2.29. The molecule has 0 saturated heterocycles. The van der Waals surface area contributed by atoms with Gasteiger partial charge >= 0.3 is 0 Å². The van der Waals surface area contributed by atoms with Gasteiger partial charge in [-0.3, -0.25) is 9.69 Å². The van der Waals surface area contributed by atoms with Crippen LogP contribution in [0.4, 0.5) is 5.69 Å². The summed E-state index contributed by atoms with van der Waals surface area (Å²) in [5, 5.41) is 8.71. The second kappa shape index (κ2) is 7.84. The quantitative estimate of drug-likeness (QED) is 0.772. The van der Waals surface area contributed by atoms with Crippen molar-refractivity contribution in [3.8, 4) is 6.07 Å². The first-order valence-electron chi connectivity index (χ1n) is 6.71. The number of carbonyl (C=O) groups is 1. The van der Waals surface area contributed by atoms with Crippen LogP contribution in [-0.2, 0) is 4.79 Å². The van der Waals surface area contributed by atoms with Crippen molar-refractivity contribution in [2.45, 2.75) is 11.4 Å². The SMILES string of the molecule is N#CC(c1ccccc1)N(C(=O)C(Cl)CCl)c1ccccc1. The minimum absolute atomic E-state index is 0.0172. The third kappa shape index (κ3) is 3.59. The molecule has 0 aromatic heterocycles. The fourth-order valence-corrected chi connectivity index (χ4v) is 2.36. The molecule has 0 saturated carbocycles. The second-order valence-corrected chi connectivity index (χ2v) is 5.44. The highest BCUT2D eigenvalue weighted by molar-refractivity contribution is 6.37. The summed E-state index contributed by atoms with van der Waals surface area (Å²) in [5.41, 5.74) is 1.33. The normalized spacial score (nSPS) is 13.0. The van der Waals surface area contributed by atoms with Gasteiger partial charge in [0.1, 0.15) is 11.4 Å².